The largest absolute Gasteiger partial charge is 0.497 e. The zero-order valence-corrected chi connectivity index (χ0v) is 19.4. The zero-order valence-electron chi connectivity index (χ0n) is 19.4. The lowest BCUT2D eigenvalue weighted by Crippen LogP contribution is -2.32. The summed E-state index contributed by atoms with van der Waals surface area (Å²) in [5, 5.41) is 9.98. The Bertz CT molecular complexity index is 1020. The van der Waals surface area contributed by atoms with E-state index < -0.39 is 0 Å². The number of likely N-dealkylation sites (N-methyl/N-ethyl adjacent to an activating group) is 2. The summed E-state index contributed by atoms with van der Waals surface area (Å²) in [7, 11) is 9.55. The van der Waals surface area contributed by atoms with Crippen LogP contribution < -0.4 is 15.0 Å². The SMILES string of the molecule is COc1cccc(CN(C)C(=O)Nc2ccc(-c3cn[nH]c3)cc2N(C)CCN(C)C)c1. The molecule has 0 aliphatic rings. The lowest BCUT2D eigenvalue weighted by atomic mass is 10.1. The maximum Gasteiger partial charge on any atom is 0.321 e. The van der Waals surface area contributed by atoms with E-state index >= 15 is 0 Å². The molecule has 32 heavy (non-hydrogen) atoms. The molecular formula is C24H32N6O2. The number of methoxy groups -OCH3 is 1. The van der Waals surface area contributed by atoms with E-state index in [1.54, 1.807) is 25.3 Å². The van der Waals surface area contributed by atoms with Crippen LogP contribution in [0.25, 0.3) is 11.1 Å². The molecule has 0 fully saturated rings. The molecule has 8 nitrogen and oxygen atoms in total. The van der Waals surface area contributed by atoms with E-state index in [0.717, 1.165) is 46.9 Å². The Morgan fingerprint density at radius 3 is 2.56 bits per heavy atom. The summed E-state index contributed by atoms with van der Waals surface area (Å²) in [4.78, 5) is 18.9. The predicted molar refractivity (Wildman–Crippen MR) is 129 cm³/mol. The third-order valence-corrected chi connectivity index (χ3v) is 5.27. The number of H-pyrrole nitrogens is 1. The number of carbonyl (C=O) groups excluding carboxylic acids is 1. The monoisotopic (exact) mass is 436 g/mol. The van der Waals surface area contributed by atoms with Crippen molar-refractivity contribution in [2.75, 3.05) is 58.6 Å². The topological polar surface area (TPSA) is 76.7 Å². The first-order valence-electron chi connectivity index (χ1n) is 10.5. The van der Waals surface area contributed by atoms with Crippen LogP contribution in [0.15, 0.2) is 54.9 Å². The van der Waals surface area contributed by atoms with Crippen molar-refractivity contribution in [3.05, 3.63) is 60.4 Å². The van der Waals surface area contributed by atoms with E-state index in [9.17, 15) is 4.79 Å². The van der Waals surface area contributed by atoms with Gasteiger partial charge in [-0.15, -0.1) is 0 Å². The van der Waals surface area contributed by atoms with Crippen LogP contribution >= 0.6 is 0 Å². The minimum Gasteiger partial charge on any atom is -0.497 e. The maximum absolute atomic E-state index is 13.0. The van der Waals surface area contributed by atoms with E-state index in [1.807, 2.05) is 63.7 Å². The minimum absolute atomic E-state index is 0.175. The summed E-state index contributed by atoms with van der Waals surface area (Å²) in [5.74, 6) is 0.774. The predicted octanol–water partition coefficient (Wildman–Crippen LogP) is 3.75. The second-order valence-corrected chi connectivity index (χ2v) is 8.08. The van der Waals surface area contributed by atoms with Crippen LogP contribution in [0.4, 0.5) is 16.2 Å². The van der Waals surface area contributed by atoms with Gasteiger partial charge in [0.25, 0.3) is 0 Å². The molecule has 0 saturated carbocycles. The molecular weight excluding hydrogens is 404 g/mol. The van der Waals surface area contributed by atoms with E-state index in [4.69, 9.17) is 4.74 Å². The van der Waals surface area contributed by atoms with Gasteiger partial charge in [0.05, 0.1) is 24.7 Å². The van der Waals surface area contributed by atoms with Gasteiger partial charge in [-0.25, -0.2) is 4.79 Å². The number of amides is 2. The van der Waals surface area contributed by atoms with Crippen LogP contribution in [0, 0.1) is 0 Å². The van der Waals surface area contributed by atoms with Gasteiger partial charge < -0.3 is 24.8 Å². The highest BCUT2D eigenvalue weighted by atomic mass is 16.5. The lowest BCUT2D eigenvalue weighted by molar-refractivity contribution is 0.220. The van der Waals surface area contributed by atoms with Crippen molar-refractivity contribution in [1.82, 2.24) is 20.0 Å². The normalized spacial score (nSPS) is 10.8. The number of aromatic nitrogens is 2. The first-order valence-corrected chi connectivity index (χ1v) is 10.5. The van der Waals surface area contributed by atoms with Gasteiger partial charge in [-0.1, -0.05) is 18.2 Å². The van der Waals surface area contributed by atoms with Gasteiger partial charge in [-0.2, -0.15) is 5.10 Å². The van der Waals surface area contributed by atoms with E-state index in [1.165, 1.54) is 0 Å². The molecule has 1 aromatic heterocycles. The van der Waals surface area contributed by atoms with Crippen molar-refractivity contribution in [1.29, 1.82) is 0 Å². The van der Waals surface area contributed by atoms with Crippen molar-refractivity contribution in [3.63, 3.8) is 0 Å². The quantitative estimate of drug-likeness (QED) is 0.534. The van der Waals surface area contributed by atoms with E-state index in [0.29, 0.717) is 6.54 Å². The van der Waals surface area contributed by atoms with Gasteiger partial charge in [-0.05, 0) is 49.5 Å². The second kappa shape index (κ2) is 10.7. The van der Waals surface area contributed by atoms with E-state index in [2.05, 4.69) is 31.4 Å². The summed E-state index contributed by atoms with van der Waals surface area (Å²) in [6.45, 7) is 2.20. The molecule has 2 aromatic carbocycles. The first-order chi connectivity index (χ1) is 15.4. The lowest BCUT2D eigenvalue weighted by Gasteiger charge is -2.26. The highest BCUT2D eigenvalue weighted by Crippen LogP contribution is 2.31. The Kier molecular flexibility index (Phi) is 7.72. The average molecular weight is 437 g/mol. The molecule has 0 aliphatic carbocycles. The molecule has 170 valence electrons. The number of hydrogen-bond acceptors (Lipinski definition) is 5. The van der Waals surface area contributed by atoms with Gasteiger partial charge in [0.1, 0.15) is 5.75 Å². The number of aromatic amines is 1. The Morgan fingerprint density at radius 1 is 1.06 bits per heavy atom. The fourth-order valence-electron chi connectivity index (χ4n) is 3.34. The summed E-state index contributed by atoms with van der Waals surface area (Å²) in [6, 6.07) is 13.6. The van der Waals surface area contributed by atoms with Crippen molar-refractivity contribution < 1.29 is 9.53 Å². The highest BCUT2D eigenvalue weighted by molar-refractivity contribution is 5.94. The summed E-state index contributed by atoms with van der Waals surface area (Å²) in [6.07, 6.45) is 3.65. The van der Waals surface area contributed by atoms with Gasteiger partial charge in [-0.3, -0.25) is 5.10 Å². The molecule has 3 aromatic rings. The molecule has 0 saturated heterocycles. The summed E-state index contributed by atoms with van der Waals surface area (Å²) in [5.41, 5.74) is 4.75. The fraction of sp³-hybridized carbons (Fsp3) is 0.333. The van der Waals surface area contributed by atoms with Crippen LogP contribution in [0.3, 0.4) is 0 Å². The molecule has 0 unspecified atom stereocenters. The fourth-order valence-corrected chi connectivity index (χ4v) is 3.34. The third kappa shape index (κ3) is 6.01. The van der Waals surface area contributed by atoms with Gasteiger partial charge in [0.2, 0.25) is 0 Å². The van der Waals surface area contributed by atoms with Crippen LogP contribution in [-0.2, 0) is 6.54 Å². The number of ether oxygens (including phenoxy) is 1. The smallest absolute Gasteiger partial charge is 0.321 e. The number of urea groups is 1. The van der Waals surface area contributed by atoms with E-state index in [-0.39, 0.29) is 6.03 Å². The molecule has 0 bridgehead atoms. The number of rotatable bonds is 9. The number of hydrogen-bond donors (Lipinski definition) is 2. The van der Waals surface area contributed by atoms with Crippen molar-refractivity contribution >= 4 is 17.4 Å². The number of carbonyl (C=O) groups is 1. The second-order valence-electron chi connectivity index (χ2n) is 8.08. The Balaban J connectivity index is 1.79. The molecule has 0 atom stereocenters. The number of anilines is 2. The molecule has 0 aliphatic heterocycles. The Morgan fingerprint density at radius 2 is 1.88 bits per heavy atom. The van der Waals surface area contributed by atoms with Crippen molar-refractivity contribution in [2.45, 2.75) is 6.54 Å². The van der Waals surface area contributed by atoms with Crippen molar-refractivity contribution in [3.8, 4) is 16.9 Å². The average Bonchev–Trinajstić information content (AvgIpc) is 3.32. The van der Waals surface area contributed by atoms with Gasteiger partial charge >= 0.3 is 6.03 Å². The standard InChI is InChI=1S/C24H32N6O2/c1-28(2)11-12-29(3)23-14-19(20-15-25-26-16-20)9-10-22(23)27-24(31)30(4)17-18-7-6-8-21(13-18)32-5/h6-10,13-16H,11-12,17H2,1-5H3,(H,25,26)(H,27,31). The van der Waals surface area contributed by atoms with Crippen LogP contribution in [0.1, 0.15) is 5.56 Å². The maximum atomic E-state index is 13.0. The van der Waals surface area contributed by atoms with Gasteiger partial charge in [0.15, 0.2) is 0 Å². The molecule has 3 rings (SSSR count). The first kappa shape index (κ1) is 23.1. The molecule has 2 amide bonds. The molecule has 0 spiro atoms. The third-order valence-electron chi connectivity index (χ3n) is 5.27. The number of nitrogens with one attached hydrogen (secondary N) is 2. The Labute approximate surface area is 189 Å². The highest BCUT2D eigenvalue weighted by Gasteiger charge is 2.16. The van der Waals surface area contributed by atoms with Crippen LogP contribution in [0.5, 0.6) is 5.75 Å². The van der Waals surface area contributed by atoms with Crippen molar-refractivity contribution in [2.24, 2.45) is 0 Å². The number of nitrogens with zero attached hydrogens (tertiary/aromatic N) is 4. The molecule has 8 heteroatoms. The number of benzene rings is 2. The zero-order chi connectivity index (χ0) is 23.1. The van der Waals surface area contributed by atoms with Gasteiger partial charge in [0, 0.05) is 45.5 Å². The minimum atomic E-state index is -0.175. The molecule has 2 N–H and O–H groups in total. The Hall–Kier alpha value is -3.52. The molecule has 1 heterocycles. The van der Waals surface area contributed by atoms with Crippen LogP contribution in [0.2, 0.25) is 0 Å². The van der Waals surface area contributed by atoms with Crippen LogP contribution in [-0.4, -0.2) is 74.4 Å². The summed E-state index contributed by atoms with van der Waals surface area (Å²) >= 11 is 0. The molecule has 0 radical (unpaired) electrons. The summed E-state index contributed by atoms with van der Waals surface area (Å²) < 4.78 is 5.28.